The molecule has 13 nitrogen and oxygen atoms in total. The summed E-state index contributed by atoms with van der Waals surface area (Å²) in [4.78, 5) is 43.2. The van der Waals surface area contributed by atoms with E-state index < -0.39 is 58.6 Å². The molecule has 1 fully saturated rings. The summed E-state index contributed by atoms with van der Waals surface area (Å²) in [5.74, 6) is -2.67. The van der Waals surface area contributed by atoms with Crippen LogP contribution in [0.1, 0.15) is 18.5 Å². The van der Waals surface area contributed by atoms with E-state index in [0.717, 1.165) is 18.1 Å². The predicted molar refractivity (Wildman–Crippen MR) is 99.5 cm³/mol. The Labute approximate surface area is 177 Å². The number of amides is 2. The van der Waals surface area contributed by atoms with Gasteiger partial charge in [0, 0.05) is 19.7 Å². The van der Waals surface area contributed by atoms with Crippen molar-refractivity contribution in [3.8, 4) is 11.8 Å². The van der Waals surface area contributed by atoms with Crippen LogP contribution >= 0.6 is 0 Å². The number of nitrogens with zero attached hydrogens (tertiary/aromatic N) is 6. The van der Waals surface area contributed by atoms with Gasteiger partial charge in [-0.15, -0.1) is 0 Å². The third-order valence-electron chi connectivity index (χ3n) is 4.54. The first-order chi connectivity index (χ1) is 15.0. The van der Waals surface area contributed by atoms with Crippen LogP contribution in [0.5, 0.6) is 11.8 Å². The zero-order chi connectivity index (χ0) is 23.6. The van der Waals surface area contributed by atoms with E-state index in [2.05, 4.69) is 20.4 Å². The SMILES string of the molecule is Cn1nc(C(F)(F)F)cc1Oc1ncnc(N2CCCC2C(=O)NCC(N)=O)c1[N+](=O)[O-]. The number of aryl methyl sites for hydroxylation is 1. The van der Waals surface area contributed by atoms with Crippen molar-refractivity contribution < 1.29 is 32.4 Å². The number of nitrogens with one attached hydrogen (secondary N) is 1. The Hall–Kier alpha value is -3.98. The maximum atomic E-state index is 12.9. The van der Waals surface area contributed by atoms with Gasteiger partial charge in [-0.1, -0.05) is 0 Å². The maximum absolute atomic E-state index is 12.9. The second-order valence-electron chi connectivity index (χ2n) is 6.73. The van der Waals surface area contributed by atoms with Gasteiger partial charge in [0.25, 0.3) is 0 Å². The summed E-state index contributed by atoms with van der Waals surface area (Å²) < 4.78 is 44.7. The lowest BCUT2D eigenvalue weighted by Crippen LogP contribution is -2.46. The zero-order valence-electron chi connectivity index (χ0n) is 16.5. The van der Waals surface area contributed by atoms with Gasteiger partial charge in [-0.05, 0) is 12.8 Å². The molecule has 0 radical (unpaired) electrons. The van der Waals surface area contributed by atoms with Gasteiger partial charge in [-0.3, -0.25) is 19.7 Å². The number of hydrogen-bond acceptors (Lipinski definition) is 9. The summed E-state index contributed by atoms with van der Waals surface area (Å²) in [6.07, 6.45) is -3.01. The molecule has 3 N–H and O–H groups in total. The number of halogens is 3. The van der Waals surface area contributed by atoms with Crippen LogP contribution in [0.25, 0.3) is 0 Å². The number of nitro groups is 1. The lowest BCUT2D eigenvalue weighted by Gasteiger charge is -2.24. The molecule has 1 aliphatic heterocycles. The van der Waals surface area contributed by atoms with Gasteiger partial charge in [0.05, 0.1) is 11.5 Å². The Kier molecular flexibility index (Phi) is 6.13. The zero-order valence-corrected chi connectivity index (χ0v) is 16.5. The summed E-state index contributed by atoms with van der Waals surface area (Å²) >= 11 is 0. The lowest BCUT2D eigenvalue weighted by molar-refractivity contribution is -0.385. The van der Waals surface area contributed by atoms with Gasteiger partial charge in [-0.2, -0.15) is 23.3 Å². The number of carbonyl (C=O) groups is 2. The average molecular weight is 458 g/mol. The molecule has 172 valence electrons. The van der Waals surface area contributed by atoms with Crippen molar-refractivity contribution in [2.45, 2.75) is 25.1 Å². The second kappa shape index (κ2) is 8.64. The lowest BCUT2D eigenvalue weighted by atomic mass is 10.2. The minimum atomic E-state index is -4.75. The first-order valence-corrected chi connectivity index (χ1v) is 9.10. The average Bonchev–Trinajstić information content (AvgIpc) is 3.33. The summed E-state index contributed by atoms with van der Waals surface area (Å²) in [5, 5.41) is 17.4. The predicted octanol–water partition coefficient (Wildman–Crippen LogP) is 0.500. The van der Waals surface area contributed by atoms with Crippen LogP contribution in [-0.4, -0.2) is 55.6 Å². The molecule has 0 aliphatic carbocycles. The number of nitrogens with two attached hydrogens (primary N) is 1. The number of ether oxygens (including phenoxy) is 1. The molecule has 1 saturated heterocycles. The van der Waals surface area contributed by atoms with Crippen molar-refractivity contribution in [2.24, 2.45) is 12.8 Å². The van der Waals surface area contributed by atoms with E-state index >= 15 is 0 Å². The van der Waals surface area contributed by atoms with E-state index in [1.54, 1.807) is 0 Å². The number of primary amides is 1. The first-order valence-electron chi connectivity index (χ1n) is 9.10. The molecule has 16 heteroatoms. The third-order valence-corrected chi connectivity index (χ3v) is 4.54. The monoisotopic (exact) mass is 458 g/mol. The molecule has 2 aromatic heterocycles. The van der Waals surface area contributed by atoms with Gasteiger partial charge in [0.1, 0.15) is 12.4 Å². The molecule has 0 aromatic carbocycles. The summed E-state index contributed by atoms with van der Waals surface area (Å²) in [5.41, 5.74) is 3.02. The van der Waals surface area contributed by atoms with Crippen LogP contribution in [-0.2, 0) is 22.8 Å². The number of aromatic nitrogens is 4. The van der Waals surface area contributed by atoms with Crippen molar-refractivity contribution in [3.63, 3.8) is 0 Å². The molecule has 2 amide bonds. The molecule has 1 atom stereocenters. The van der Waals surface area contributed by atoms with Gasteiger partial charge in [-0.25, -0.2) is 9.67 Å². The molecular formula is C16H17F3N8O5. The fraction of sp³-hybridized carbons (Fsp3) is 0.438. The van der Waals surface area contributed by atoms with Gasteiger partial charge in [0.15, 0.2) is 5.69 Å². The highest BCUT2D eigenvalue weighted by atomic mass is 19.4. The maximum Gasteiger partial charge on any atom is 0.435 e. The van der Waals surface area contributed by atoms with E-state index in [1.807, 2.05) is 0 Å². The van der Waals surface area contributed by atoms with E-state index in [9.17, 15) is 32.9 Å². The number of hydrogen-bond donors (Lipinski definition) is 2. The minimum absolute atomic E-state index is 0.218. The molecule has 1 unspecified atom stereocenters. The molecule has 32 heavy (non-hydrogen) atoms. The third kappa shape index (κ3) is 4.68. The van der Waals surface area contributed by atoms with Gasteiger partial charge in [0.2, 0.25) is 23.5 Å². The Bertz CT molecular complexity index is 1060. The van der Waals surface area contributed by atoms with Crippen molar-refractivity contribution in [2.75, 3.05) is 18.0 Å². The van der Waals surface area contributed by atoms with E-state index in [-0.39, 0.29) is 12.4 Å². The largest absolute Gasteiger partial charge is 0.435 e. The fourth-order valence-corrected chi connectivity index (χ4v) is 3.17. The number of rotatable bonds is 7. The summed E-state index contributed by atoms with van der Waals surface area (Å²) in [6, 6.07) is -0.314. The van der Waals surface area contributed by atoms with Gasteiger partial charge >= 0.3 is 17.7 Å². The molecule has 3 heterocycles. The Morgan fingerprint density at radius 1 is 1.41 bits per heavy atom. The molecule has 3 rings (SSSR count). The van der Waals surface area contributed by atoms with Gasteiger partial charge < -0.3 is 20.7 Å². The van der Waals surface area contributed by atoms with Crippen molar-refractivity contribution >= 4 is 23.3 Å². The fourth-order valence-electron chi connectivity index (χ4n) is 3.17. The van der Waals surface area contributed by atoms with Crippen LogP contribution < -0.4 is 20.7 Å². The molecule has 0 spiro atoms. The molecular weight excluding hydrogens is 441 g/mol. The summed E-state index contributed by atoms with van der Waals surface area (Å²) in [7, 11) is 1.16. The standard InChI is InChI=1S/C16H17F3N8O5/c1-25-11(5-9(24-25)16(17,18)19)32-15-12(27(30)31)13(22-7-23-15)26-4-2-3-8(26)14(29)21-6-10(20)28/h5,7-8H,2-4,6H2,1H3,(H2,20,28)(H,21,29). The minimum Gasteiger partial charge on any atom is -0.415 e. The van der Waals surface area contributed by atoms with Crippen LogP contribution in [0.4, 0.5) is 24.7 Å². The summed E-state index contributed by atoms with van der Waals surface area (Å²) in [6.45, 7) is -0.193. The highest BCUT2D eigenvalue weighted by Crippen LogP contribution is 2.39. The number of carbonyl (C=O) groups excluding carboxylic acids is 2. The smallest absolute Gasteiger partial charge is 0.415 e. The molecule has 2 aromatic rings. The van der Waals surface area contributed by atoms with Crippen molar-refractivity contribution in [1.29, 1.82) is 0 Å². The van der Waals surface area contributed by atoms with E-state index in [4.69, 9.17) is 10.5 Å². The molecule has 1 aliphatic rings. The second-order valence-corrected chi connectivity index (χ2v) is 6.73. The van der Waals surface area contributed by atoms with E-state index in [1.165, 1.54) is 4.90 Å². The van der Waals surface area contributed by atoms with Crippen LogP contribution in [0.3, 0.4) is 0 Å². The van der Waals surface area contributed by atoms with Crippen LogP contribution in [0, 0.1) is 10.1 Å². The quantitative estimate of drug-likeness (QED) is 0.443. The highest BCUT2D eigenvalue weighted by molar-refractivity contribution is 5.89. The molecule has 0 saturated carbocycles. The van der Waals surface area contributed by atoms with Crippen molar-refractivity contribution in [3.05, 3.63) is 28.2 Å². The molecule has 0 bridgehead atoms. The Morgan fingerprint density at radius 3 is 2.72 bits per heavy atom. The Balaban J connectivity index is 1.95. The Morgan fingerprint density at radius 2 is 2.12 bits per heavy atom. The highest BCUT2D eigenvalue weighted by Gasteiger charge is 2.39. The van der Waals surface area contributed by atoms with E-state index in [0.29, 0.717) is 18.9 Å². The van der Waals surface area contributed by atoms with Crippen molar-refractivity contribution in [1.82, 2.24) is 25.1 Å². The van der Waals surface area contributed by atoms with Crippen LogP contribution in [0.2, 0.25) is 0 Å². The normalized spacial score (nSPS) is 16.1. The number of alkyl halides is 3. The van der Waals surface area contributed by atoms with Crippen LogP contribution in [0.15, 0.2) is 12.4 Å². The first kappa shape index (κ1) is 22.7. The number of anilines is 1. The topological polar surface area (TPSA) is 171 Å².